The molecule has 0 radical (unpaired) electrons. The maximum Gasteiger partial charge on any atom is 0.307 e. The average molecular weight is 245 g/mol. The van der Waals surface area contributed by atoms with E-state index in [4.69, 9.17) is 5.11 Å². The second-order valence-electron chi connectivity index (χ2n) is 4.30. The first kappa shape index (κ1) is 10.5. The molecule has 17 heavy (non-hydrogen) atoms. The van der Waals surface area contributed by atoms with Crippen molar-refractivity contribution in [2.45, 2.75) is 12.8 Å². The van der Waals surface area contributed by atoms with Crippen LogP contribution in [0.2, 0.25) is 0 Å². The fourth-order valence-corrected chi connectivity index (χ4v) is 2.87. The number of aromatic nitrogens is 1. The van der Waals surface area contributed by atoms with Crippen molar-refractivity contribution in [1.82, 2.24) is 4.98 Å². The van der Waals surface area contributed by atoms with Crippen molar-refractivity contribution < 1.29 is 9.90 Å². The summed E-state index contributed by atoms with van der Waals surface area (Å²) < 4.78 is 0. The molecule has 86 valence electrons. The zero-order chi connectivity index (χ0) is 11.8. The monoisotopic (exact) mass is 245 g/mol. The number of fused-ring (bicyclic) bond motifs is 1. The molecule has 1 N–H and O–H groups in total. The minimum absolute atomic E-state index is 0.254. The van der Waals surface area contributed by atoms with Crippen LogP contribution in [-0.2, 0) is 17.6 Å². The highest BCUT2D eigenvalue weighted by atomic mass is 32.1. The van der Waals surface area contributed by atoms with Crippen molar-refractivity contribution in [3.05, 3.63) is 40.2 Å². The Labute approximate surface area is 103 Å². The summed E-state index contributed by atoms with van der Waals surface area (Å²) in [6, 6.07) is 6.14. The number of aliphatic carboxylic acids is 1. The molecule has 1 unspecified atom stereocenters. The third-order valence-corrected chi connectivity index (χ3v) is 3.80. The lowest BCUT2D eigenvalue weighted by Gasteiger charge is -2.01. The van der Waals surface area contributed by atoms with E-state index in [2.05, 4.69) is 11.1 Å². The topological polar surface area (TPSA) is 50.2 Å². The standard InChI is InChI=1S/C13H11NO2S/c15-13(16)11-3-8-1-2-9(4-10(8)5-11)12-6-17-7-14-12/h1-2,4,6-7,11H,3,5H2,(H,15,16). The highest BCUT2D eigenvalue weighted by molar-refractivity contribution is 7.07. The molecular weight excluding hydrogens is 234 g/mol. The van der Waals surface area contributed by atoms with Crippen molar-refractivity contribution in [3.8, 4) is 11.3 Å². The van der Waals surface area contributed by atoms with E-state index in [-0.39, 0.29) is 5.92 Å². The van der Waals surface area contributed by atoms with Crippen molar-refractivity contribution in [3.63, 3.8) is 0 Å². The largest absolute Gasteiger partial charge is 0.481 e. The lowest BCUT2D eigenvalue weighted by Crippen LogP contribution is -2.12. The summed E-state index contributed by atoms with van der Waals surface area (Å²) in [6.07, 6.45) is 1.30. The van der Waals surface area contributed by atoms with Gasteiger partial charge in [-0.15, -0.1) is 11.3 Å². The minimum atomic E-state index is -0.698. The van der Waals surface area contributed by atoms with Crippen LogP contribution in [0.4, 0.5) is 0 Å². The molecule has 0 saturated heterocycles. The number of benzene rings is 1. The van der Waals surface area contributed by atoms with Crippen LogP contribution in [0.3, 0.4) is 0 Å². The van der Waals surface area contributed by atoms with Crippen LogP contribution in [0.15, 0.2) is 29.1 Å². The summed E-state index contributed by atoms with van der Waals surface area (Å²) in [5, 5.41) is 11.0. The number of carboxylic acids is 1. The molecule has 0 aliphatic heterocycles. The number of hydrogen-bond acceptors (Lipinski definition) is 3. The number of thiazole rings is 1. The van der Waals surface area contributed by atoms with Crippen LogP contribution < -0.4 is 0 Å². The van der Waals surface area contributed by atoms with Gasteiger partial charge in [-0.1, -0.05) is 12.1 Å². The summed E-state index contributed by atoms with van der Waals surface area (Å²) in [5.41, 5.74) is 6.18. The Balaban J connectivity index is 1.95. The lowest BCUT2D eigenvalue weighted by atomic mass is 10.1. The molecular formula is C13H11NO2S. The van der Waals surface area contributed by atoms with Gasteiger partial charge in [-0.2, -0.15) is 0 Å². The minimum Gasteiger partial charge on any atom is -0.481 e. The van der Waals surface area contributed by atoms with Crippen molar-refractivity contribution in [1.29, 1.82) is 0 Å². The van der Waals surface area contributed by atoms with Gasteiger partial charge in [-0.05, 0) is 30.0 Å². The second kappa shape index (κ2) is 3.96. The third kappa shape index (κ3) is 1.85. The Hall–Kier alpha value is -1.68. The first-order chi connectivity index (χ1) is 8.24. The van der Waals surface area contributed by atoms with E-state index in [0.29, 0.717) is 12.8 Å². The molecule has 0 fully saturated rings. The highest BCUT2D eigenvalue weighted by Gasteiger charge is 2.27. The van der Waals surface area contributed by atoms with Crippen LogP contribution in [0.25, 0.3) is 11.3 Å². The normalized spacial score (nSPS) is 18.0. The first-order valence-corrected chi connectivity index (χ1v) is 6.41. The third-order valence-electron chi connectivity index (χ3n) is 3.22. The average Bonchev–Trinajstić information content (AvgIpc) is 2.97. The molecule has 0 bridgehead atoms. The second-order valence-corrected chi connectivity index (χ2v) is 5.02. The lowest BCUT2D eigenvalue weighted by molar-refractivity contribution is -0.141. The van der Waals surface area contributed by atoms with E-state index < -0.39 is 5.97 Å². The Morgan fingerprint density at radius 3 is 2.88 bits per heavy atom. The summed E-state index contributed by atoms with van der Waals surface area (Å²) in [7, 11) is 0. The van der Waals surface area contributed by atoms with E-state index in [9.17, 15) is 4.79 Å². The SMILES string of the molecule is O=C(O)C1Cc2ccc(-c3cscn3)cc2C1. The van der Waals surface area contributed by atoms with Gasteiger partial charge in [-0.25, -0.2) is 4.98 Å². The summed E-state index contributed by atoms with van der Waals surface area (Å²) in [4.78, 5) is 15.2. The van der Waals surface area contributed by atoms with E-state index >= 15 is 0 Å². The van der Waals surface area contributed by atoms with Gasteiger partial charge in [-0.3, -0.25) is 4.79 Å². The molecule has 0 spiro atoms. The van der Waals surface area contributed by atoms with Crippen LogP contribution >= 0.6 is 11.3 Å². The van der Waals surface area contributed by atoms with Crippen LogP contribution in [-0.4, -0.2) is 16.1 Å². The molecule has 3 rings (SSSR count). The molecule has 1 aromatic heterocycles. The first-order valence-electron chi connectivity index (χ1n) is 5.47. The Morgan fingerprint density at radius 2 is 2.18 bits per heavy atom. The number of carboxylic acid groups (broad SMARTS) is 1. The number of hydrogen-bond donors (Lipinski definition) is 1. The molecule has 0 amide bonds. The van der Waals surface area contributed by atoms with Crippen molar-refractivity contribution in [2.24, 2.45) is 5.92 Å². The molecule has 1 atom stereocenters. The maximum atomic E-state index is 11.0. The summed E-state index contributed by atoms with van der Waals surface area (Å²) in [5.74, 6) is -0.952. The fourth-order valence-electron chi connectivity index (χ4n) is 2.31. The molecule has 3 nitrogen and oxygen atoms in total. The summed E-state index contributed by atoms with van der Waals surface area (Å²) >= 11 is 1.57. The number of nitrogens with zero attached hydrogens (tertiary/aromatic N) is 1. The Bertz CT molecular complexity index is 563. The molecule has 1 aromatic carbocycles. The van der Waals surface area contributed by atoms with Gasteiger partial charge < -0.3 is 5.11 Å². The summed E-state index contributed by atoms with van der Waals surface area (Å²) in [6.45, 7) is 0. The quantitative estimate of drug-likeness (QED) is 0.884. The van der Waals surface area contributed by atoms with Crippen LogP contribution in [0.1, 0.15) is 11.1 Å². The highest BCUT2D eigenvalue weighted by Crippen LogP contribution is 2.30. The molecule has 2 aromatic rings. The van der Waals surface area contributed by atoms with Gasteiger partial charge in [0.1, 0.15) is 0 Å². The zero-order valence-corrected chi connectivity index (χ0v) is 9.91. The van der Waals surface area contributed by atoms with Gasteiger partial charge in [0.25, 0.3) is 0 Å². The van der Waals surface area contributed by atoms with Gasteiger partial charge in [0.15, 0.2) is 0 Å². The predicted octanol–water partition coefficient (Wildman–Crippen LogP) is 2.61. The van der Waals surface area contributed by atoms with Gasteiger partial charge in [0, 0.05) is 10.9 Å². The van der Waals surface area contributed by atoms with Crippen LogP contribution in [0, 0.1) is 5.92 Å². The van der Waals surface area contributed by atoms with E-state index in [0.717, 1.165) is 22.4 Å². The number of rotatable bonds is 2. The van der Waals surface area contributed by atoms with Gasteiger partial charge >= 0.3 is 5.97 Å². The fraction of sp³-hybridized carbons (Fsp3) is 0.231. The van der Waals surface area contributed by atoms with Gasteiger partial charge in [0.2, 0.25) is 0 Å². The maximum absolute atomic E-state index is 11.0. The predicted molar refractivity (Wildman–Crippen MR) is 66.1 cm³/mol. The van der Waals surface area contributed by atoms with E-state index in [1.54, 1.807) is 11.3 Å². The molecule has 1 aliphatic rings. The molecule has 1 aliphatic carbocycles. The Morgan fingerprint density at radius 1 is 1.35 bits per heavy atom. The van der Waals surface area contributed by atoms with Crippen molar-refractivity contribution >= 4 is 17.3 Å². The molecule has 0 saturated carbocycles. The van der Waals surface area contributed by atoms with Gasteiger partial charge in [0.05, 0.1) is 17.1 Å². The van der Waals surface area contributed by atoms with Crippen molar-refractivity contribution in [2.75, 3.05) is 0 Å². The molecule has 1 heterocycles. The smallest absolute Gasteiger partial charge is 0.307 e. The van der Waals surface area contributed by atoms with Crippen LogP contribution in [0.5, 0.6) is 0 Å². The van der Waals surface area contributed by atoms with E-state index in [1.165, 1.54) is 0 Å². The number of carbonyl (C=O) groups is 1. The van der Waals surface area contributed by atoms with E-state index in [1.807, 2.05) is 23.0 Å². The molecule has 4 heteroatoms. The Kier molecular flexibility index (Phi) is 2.44. The zero-order valence-electron chi connectivity index (χ0n) is 9.09.